The van der Waals surface area contributed by atoms with Gasteiger partial charge in [0.15, 0.2) is 0 Å². The molecule has 7 heteroatoms. The predicted octanol–water partition coefficient (Wildman–Crippen LogP) is 2.60. The fourth-order valence-electron chi connectivity index (χ4n) is 2.50. The van der Waals surface area contributed by atoms with E-state index in [1.54, 1.807) is 7.11 Å². The number of carbonyl (C=O) groups is 1. The Labute approximate surface area is 161 Å². The van der Waals surface area contributed by atoms with E-state index < -0.39 is 10.0 Å². The maximum atomic E-state index is 12.4. The molecule has 0 aliphatic rings. The van der Waals surface area contributed by atoms with Crippen molar-refractivity contribution < 1.29 is 17.9 Å². The summed E-state index contributed by atoms with van der Waals surface area (Å²) in [6, 6.07) is 13.4. The Bertz CT molecular complexity index is 862. The quantitative estimate of drug-likeness (QED) is 0.689. The standard InChI is InChI=1S/C20H26N2O4S/c1-15(2)14-21-20(23)17-8-10-18(11-9-17)27(24,25)22-13-12-16-6-4-5-7-19(16)26-3/h4-11,15,22H,12-14H2,1-3H3,(H,21,23). The zero-order valence-electron chi connectivity index (χ0n) is 15.9. The lowest BCUT2D eigenvalue weighted by molar-refractivity contribution is 0.0949. The smallest absolute Gasteiger partial charge is 0.251 e. The van der Waals surface area contributed by atoms with Gasteiger partial charge in [-0.3, -0.25) is 4.79 Å². The molecular formula is C20H26N2O4S. The number of ether oxygens (including phenoxy) is 1. The number of sulfonamides is 1. The van der Waals surface area contributed by atoms with E-state index in [-0.39, 0.29) is 17.3 Å². The molecule has 146 valence electrons. The Balaban J connectivity index is 1.97. The molecule has 2 aromatic carbocycles. The van der Waals surface area contributed by atoms with E-state index in [0.29, 0.717) is 24.4 Å². The molecule has 6 nitrogen and oxygen atoms in total. The van der Waals surface area contributed by atoms with E-state index in [1.807, 2.05) is 38.1 Å². The van der Waals surface area contributed by atoms with Crippen LogP contribution in [0.3, 0.4) is 0 Å². The van der Waals surface area contributed by atoms with Gasteiger partial charge >= 0.3 is 0 Å². The first kappa shape index (κ1) is 20.9. The van der Waals surface area contributed by atoms with E-state index in [9.17, 15) is 13.2 Å². The third kappa shape index (κ3) is 6.08. The summed E-state index contributed by atoms with van der Waals surface area (Å²) in [4.78, 5) is 12.1. The summed E-state index contributed by atoms with van der Waals surface area (Å²) < 4.78 is 32.7. The van der Waals surface area contributed by atoms with E-state index >= 15 is 0 Å². The minimum atomic E-state index is -3.64. The van der Waals surface area contributed by atoms with Gasteiger partial charge < -0.3 is 10.1 Å². The van der Waals surface area contributed by atoms with Crippen molar-refractivity contribution in [3.05, 3.63) is 59.7 Å². The average molecular weight is 391 g/mol. The van der Waals surface area contributed by atoms with Gasteiger partial charge in [0.25, 0.3) is 5.91 Å². The molecule has 0 unspecified atom stereocenters. The lowest BCUT2D eigenvalue weighted by Crippen LogP contribution is -2.28. The normalized spacial score (nSPS) is 11.4. The second-order valence-corrected chi connectivity index (χ2v) is 8.35. The largest absolute Gasteiger partial charge is 0.496 e. The van der Waals surface area contributed by atoms with Crippen LogP contribution in [-0.4, -0.2) is 34.5 Å². The first-order valence-corrected chi connectivity index (χ1v) is 10.3. The molecular weight excluding hydrogens is 364 g/mol. The van der Waals surface area contributed by atoms with Gasteiger partial charge in [0.05, 0.1) is 12.0 Å². The minimum absolute atomic E-state index is 0.128. The Hall–Kier alpha value is -2.38. The number of benzene rings is 2. The lowest BCUT2D eigenvalue weighted by atomic mass is 10.1. The molecule has 27 heavy (non-hydrogen) atoms. The summed E-state index contributed by atoms with van der Waals surface area (Å²) in [6.07, 6.45) is 0.513. The van der Waals surface area contributed by atoms with Gasteiger partial charge in [-0.1, -0.05) is 32.0 Å². The molecule has 0 heterocycles. The molecule has 0 spiro atoms. The lowest BCUT2D eigenvalue weighted by Gasteiger charge is -2.10. The molecule has 2 aromatic rings. The van der Waals surface area contributed by atoms with Gasteiger partial charge in [-0.15, -0.1) is 0 Å². The van der Waals surface area contributed by atoms with E-state index in [2.05, 4.69) is 10.0 Å². The Morgan fingerprint density at radius 1 is 1.07 bits per heavy atom. The molecule has 0 aliphatic carbocycles. The van der Waals surface area contributed by atoms with Gasteiger partial charge in [-0.2, -0.15) is 0 Å². The summed E-state index contributed by atoms with van der Waals surface area (Å²) in [7, 11) is -2.06. The molecule has 0 saturated heterocycles. The van der Waals surface area contributed by atoms with Gasteiger partial charge in [0.2, 0.25) is 10.0 Å². The molecule has 0 aromatic heterocycles. The van der Waals surface area contributed by atoms with Crippen LogP contribution in [0.5, 0.6) is 5.75 Å². The zero-order valence-corrected chi connectivity index (χ0v) is 16.7. The summed E-state index contributed by atoms with van der Waals surface area (Å²) >= 11 is 0. The third-order valence-electron chi connectivity index (χ3n) is 3.98. The number of nitrogens with one attached hydrogen (secondary N) is 2. The fourth-order valence-corrected chi connectivity index (χ4v) is 3.53. The Kier molecular flexibility index (Phi) is 7.38. The van der Waals surface area contributed by atoms with Gasteiger partial charge in [-0.05, 0) is 48.2 Å². The maximum absolute atomic E-state index is 12.4. The van der Waals surface area contributed by atoms with Gasteiger partial charge in [-0.25, -0.2) is 13.1 Å². The molecule has 2 N–H and O–H groups in total. The third-order valence-corrected chi connectivity index (χ3v) is 5.45. The highest BCUT2D eigenvalue weighted by Gasteiger charge is 2.15. The van der Waals surface area contributed by atoms with Gasteiger partial charge in [0, 0.05) is 18.7 Å². The second-order valence-electron chi connectivity index (χ2n) is 6.59. The van der Waals surface area contributed by atoms with Crippen LogP contribution in [0.25, 0.3) is 0 Å². The Morgan fingerprint density at radius 3 is 2.37 bits per heavy atom. The average Bonchev–Trinajstić information content (AvgIpc) is 2.66. The number of amides is 1. The van der Waals surface area contributed by atoms with Crippen molar-refractivity contribution >= 4 is 15.9 Å². The predicted molar refractivity (Wildman–Crippen MR) is 105 cm³/mol. The van der Waals surface area contributed by atoms with Crippen LogP contribution < -0.4 is 14.8 Å². The summed E-state index contributed by atoms with van der Waals surface area (Å²) in [6.45, 7) is 4.84. The minimum Gasteiger partial charge on any atom is -0.496 e. The number of para-hydroxylation sites is 1. The first-order valence-electron chi connectivity index (χ1n) is 8.83. The summed E-state index contributed by atoms with van der Waals surface area (Å²) in [5.74, 6) is 0.867. The molecule has 0 bridgehead atoms. The summed E-state index contributed by atoms with van der Waals surface area (Å²) in [5.41, 5.74) is 1.36. The molecule has 0 fully saturated rings. The number of hydrogen-bond acceptors (Lipinski definition) is 4. The zero-order chi connectivity index (χ0) is 19.9. The van der Waals surface area contributed by atoms with E-state index in [0.717, 1.165) is 11.3 Å². The molecule has 0 aliphatic heterocycles. The van der Waals surface area contributed by atoms with Crippen LogP contribution in [0, 0.1) is 5.92 Å². The number of rotatable bonds is 9. The van der Waals surface area contributed by atoms with Crippen LogP contribution in [0.4, 0.5) is 0 Å². The van der Waals surface area contributed by atoms with Crippen molar-refractivity contribution in [1.82, 2.24) is 10.0 Å². The van der Waals surface area contributed by atoms with Crippen molar-refractivity contribution in [2.45, 2.75) is 25.2 Å². The van der Waals surface area contributed by atoms with Crippen molar-refractivity contribution in [3.8, 4) is 5.75 Å². The van der Waals surface area contributed by atoms with E-state index in [4.69, 9.17) is 4.74 Å². The number of carbonyl (C=O) groups excluding carboxylic acids is 1. The summed E-state index contributed by atoms with van der Waals surface area (Å²) in [5, 5.41) is 2.80. The van der Waals surface area contributed by atoms with Crippen molar-refractivity contribution in [2.75, 3.05) is 20.2 Å². The van der Waals surface area contributed by atoms with Crippen LogP contribution in [0.15, 0.2) is 53.4 Å². The fraction of sp³-hybridized carbons (Fsp3) is 0.350. The van der Waals surface area contributed by atoms with Gasteiger partial charge in [0.1, 0.15) is 5.75 Å². The van der Waals surface area contributed by atoms with E-state index in [1.165, 1.54) is 24.3 Å². The topological polar surface area (TPSA) is 84.5 Å². The maximum Gasteiger partial charge on any atom is 0.251 e. The molecule has 0 atom stereocenters. The van der Waals surface area contributed by atoms with Crippen LogP contribution in [0.2, 0.25) is 0 Å². The molecule has 0 radical (unpaired) electrons. The highest BCUT2D eigenvalue weighted by Crippen LogP contribution is 2.17. The molecule has 0 saturated carbocycles. The number of methoxy groups -OCH3 is 1. The molecule has 2 rings (SSSR count). The Morgan fingerprint density at radius 2 is 1.74 bits per heavy atom. The van der Waals surface area contributed by atoms with Crippen molar-refractivity contribution in [3.63, 3.8) is 0 Å². The second kappa shape index (κ2) is 9.53. The van der Waals surface area contributed by atoms with Crippen LogP contribution >= 0.6 is 0 Å². The molecule has 1 amide bonds. The van der Waals surface area contributed by atoms with Crippen molar-refractivity contribution in [1.29, 1.82) is 0 Å². The van der Waals surface area contributed by atoms with Crippen LogP contribution in [-0.2, 0) is 16.4 Å². The number of hydrogen-bond donors (Lipinski definition) is 2. The van der Waals surface area contributed by atoms with Crippen LogP contribution in [0.1, 0.15) is 29.8 Å². The monoisotopic (exact) mass is 390 g/mol. The van der Waals surface area contributed by atoms with Crippen molar-refractivity contribution in [2.24, 2.45) is 5.92 Å². The highest BCUT2D eigenvalue weighted by atomic mass is 32.2. The highest BCUT2D eigenvalue weighted by molar-refractivity contribution is 7.89. The SMILES string of the molecule is COc1ccccc1CCNS(=O)(=O)c1ccc(C(=O)NCC(C)C)cc1. The first-order chi connectivity index (χ1) is 12.8.